The Balaban J connectivity index is 1.56. The van der Waals surface area contributed by atoms with E-state index in [0.29, 0.717) is 11.4 Å². The van der Waals surface area contributed by atoms with Crippen molar-refractivity contribution in [3.63, 3.8) is 0 Å². The van der Waals surface area contributed by atoms with Gasteiger partial charge in [-0.2, -0.15) is 0 Å². The molecule has 130 valence electrons. The smallest absolute Gasteiger partial charge is 0.257 e. The van der Waals surface area contributed by atoms with E-state index in [0.717, 1.165) is 35.5 Å². The van der Waals surface area contributed by atoms with E-state index in [1.807, 2.05) is 43.3 Å². The molecule has 4 rings (SSSR count). The second kappa shape index (κ2) is 6.64. The molecule has 2 heterocycles. The lowest BCUT2D eigenvalue weighted by molar-refractivity contribution is 0.102. The fraction of sp³-hybridized carbons (Fsp3) is 0.182. The van der Waals surface area contributed by atoms with Crippen LogP contribution in [0.25, 0.3) is 11.1 Å². The summed E-state index contributed by atoms with van der Waals surface area (Å²) >= 11 is 0. The molecule has 1 aliphatic rings. The van der Waals surface area contributed by atoms with Crippen molar-refractivity contribution in [3.8, 4) is 16.9 Å². The standard InChI is InChI=1S/C22H20N2O2/c1-14-5-3-4-6-18(14)22(25)24-21-8-7-17(13-23-21)19-12-20-16(9-10-26-20)11-15(19)2/h3-8,11-13H,9-10H2,1-2H3,(H,23,24,25). The number of carbonyl (C=O) groups excluding carboxylic acids is 1. The Bertz CT molecular complexity index is 978. The number of carbonyl (C=O) groups is 1. The lowest BCUT2D eigenvalue weighted by Crippen LogP contribution is -2.14. The Labute approximate surface area is 152 Å². The first-order valence-corrected chi connectivity index (χ1v) is 8.71. The zero-order valence-electron chi connectivity index (χ0n) is 14.9. The number of anilines is 1. The number of rotatable bonds is 3. The zero-order valence-corrected chi connectivity index (χ0v) is 14.9. The zero-order chi connectivity index (χ0) is 18.1. The molecule has 1 amide bonds. The second-order valence-electron chi connectivity index (χ2n) is 6.57. The molecule has 26 heavy (non-hydrogen) atoms. The van der Waals surface area contributed by atoms with Crippen molar-refractivity contribution in [1.29, 1.82) is 0 Å². The van der Waals surface area contributed by atoms with Crippen molar-refractivity contribution in [2.45, 2.75) is 20.3 Å². The second-order valence-corrected chi connectivity index (χ2v) is 6.57. The monoisotopic (exact) mass is 344 g/mol. The highest BCUT2D eigenvalue weighted by atomic mass is 16.5. The van der Waals surface area contributed by atoms with E-state index in [2.05, 4.69) is 29.4 Å². The number of hydrogen-bond donors (Lipinski definition) is 1. The van der Waals surface area contributed by atoms with Gasteiger partial charge < -0.3 is 10.1 Å². The number of pyridine rings is 1. The van der Waals surface area contributed by atoms with Crippen LogP contribution >= 0.6 is 0 Å². The largest absolute Gasteiger partial charge is 0.493 e. The lowest BCUT2D eigenvalue weighted by Gasteiger charge is -2.10. The summed E-state index contributed by atoms with van der Waals surface area (Å²) in [5, 5.41) is 2.86. The molecule has 0 fully saturated rings. The average molecular weight is 344 g/mol. The Kier molecular flexibility index (Phi) is 4.17. The minimum Gasteiger partial charge on any atom is -0.493 e. The van der Waals surface area contributed by atoms with Gasteiger partial charge in [0.25, 0.3) is 5.91 Å². The number of fused-ring (bicyclic) bond motifs is 1. The minimum atomic E-state index is -0.148. The van der Waals surface area contributed by atoms with E-state index in [-0.39, 0.29) is 5.91 Å². The maximum atomic E-state index is 12.4. The number of aromatic nitrogens is 1. The Morgan fingerprint density at radius 1 is 1.08 bits per heavy atom. The molecular formula is C22H20N2O2. The first kappa shape index (κ1) is 16.3. The summed E-state index contributed by atoms with van der Waals surface area (Å²) in [6.45, 7) is 4.77. The van der Waals surface area contributed by atoms with Gasteiger partial charge in [0.1, 0.15) is 11.6 Å². The van der Waals surface area contributed by atoms with Gasteiger partial charge in [-0.1, -0.05) is 24.3 Å². The molecule has 0 spiro atoms. The van der Waals surface area contributed by atoms with Gasteiger partial charge in [0.15, 0.2) is 0 Å². The van der Waals surface area contributed by atoms with Crippen LogP contribution in [0.15, 0.2) is 54.7 Å². The van der Waals surface area contributed by atoms with E-state index >= 15 is 0 Å². The highest BCUT2D eigenvalue weighted by molar-refractivity contribution is 6.04. The van der Waals surface area contributed by atoms with Crippen molar-refractivity contribution in [1.82, 2.24) is 4.98 Å². The average Bonchev–Trinajstić information content (AvgIpc) is 3.09. The van der Waals surface area contributed by atoms with Gasteiger partial charge in [0, 0.05) is 23.7 Å². The molecular weight excluding hydrogens is 324 g/mol. The summed E-state index contributed by atoms with van der Waals surface area (Å²) in [5.41, 5.74) is 6.18. The van der Waals surface area contributed by atoms with Gasteiger partial charge >= 0.3 is 0 Å². The quantitative estimate of drug-likeness (QED) is 0.758. The van der Waals surface area contributed by atoms with Crippen molar-refractivity contribution < 1.29 is 9.53 Å². The number of ether oxygens (including phenoxy) is 1. The van der Waals surface area contributed by atoms with E-state index in [9.17, 15) is 4.79 Å². The molecule has 1 aliphatic heterocycles. The van der Waals surface area contributed by atoms with E-state index in [1.54, 1.807) is 6.20 Å². The van der Waals surface area contributed by atoms with Gasteiger partial charge in [0.2, 0.25) is 0 Å². The molecule has 0 unspecified atom stereocenters. The van der Waals surface area contributed by atoms with E-state index < -0.39 is 0 Å². The maximum Gasteiger partial charge on any atom is 0.257 e. The molecule has 0 saturated heterocycles. The van der Waals surface area contributed by atoms with Crippen LogP contribution in [0.3, 0.4) is 0 Å². The third kappa shape index (κ3) is 3.06. The van der Waals surface area contributed by atoms with Crippen LogP contribution in [0.2, 0.25) is 0 Å². The van der Waals surface area contributed by atoms with Crippen LogP contribution in [0, 0.1) is 13.8 Å². The molecule has 0 saturated carbocycles. The maximum absolute atomic E-state index is 12.4. The summed E-state index contributed by atoms with van der Waals surface area (Å²) in [7, 11) is 0. The van der Waals surface area contributed by atoms with Crippen LogP contribution in [0.4, 0.5) is 5.82 Å². The van der Waals surface area contributed by atoms with Crippen molar-refractivity contribution in [3.05, 3.63) is 77.0 Å². The molecule has 0 bridgehead atoms. The Morgan fingerprint density at radius 2 is 1.92 bits per heavy atom. The van der Waals surface area contributed by atoms with Crippen LogP contribution in [0.5, 0.6) is 5.75 Å². The van der Waals surface area contributed by atoms with Crippen molar-refractivity contribution >= 4 is 11.7 Å². The summed E-state index contributed by atoms with van der Waals surface area (Å²) in [5.74, 6) is 1.35. The number of nitrogens with zero attached hydrogens (tertiary/aromatic N) is 1. The van der Waals surface area contributed by atoms with E-state index in [1.165, 1.54) is 11.1 Å². The number of hydrogen-bond acceptors (Lipinski definition) is 3. The molecule has 4 nitrogen and oxygen atoms in total. The molecule has 1 N–H and O–H groups in total. The molecule has 3 aromatic rings. The summed E-state index contributed by atoms with van der Waals surface area (Å²) in [4.78, 5) is 16.8. The van der Waals surface area contributed by atoms with Crippen LogP contribution in [0.1, 0.15) is 27.0 Å². The van der Waals surface area contributed by atoms with Gasteiger partial charge in [-0.15, -0.1) is 0 Å². The molecule has 0 atom stereocenters. The number of amides is 1. The van der Waals surface area contributed by atoms with Gasteiger partial charge in [-0.3, -0.25) is 4.79 Å². The van der Waals surface area contributed by atoms with Crippen LogP contribution < -0.4 is 10.1 Å². The van der Waals surface area contributed by atoms with Gasteiger partial charge in [0.05, 0.1) is 6.61 Å². The highest BCUT2D eigenvalue weighted by Gasteiger charge is 2.15. The molecule has 1 aromatic heterocycles. The normalized spacial score (nSPS) is 12.4. The summed E-state index contributed by atoms with van der Waals surface area (Å²) in [6, 6.07) is 15.6. The highest BCUT2D eigenvalue weighted by Crippen LogP contribution is 2.33. The van der Waals surface area contributed by atoms with Crippen molar-refractivity contribution in [2.24, 2.45) is 0 Å². The molecule has 2 aromatic carbocycles. The van der Waals surface area contributed by atoms with Crippen LogP contribution in [-0.4, -0.2) is 17.5 Å². The number of nitrogens with one attached hydrogen (secondary N) is 1. The SMILES string of the molecule is Cc1ccccc1C(=O)Nc1ccc(-c2cc3c(cc2C)CCO3)cn1. The Hall–Kier alpha value is -3.14. The summed E-state index contributed by atoms with van der Waals surface area (Å²) in [6.07, 6.45) is 2.76. The number of aryl methyl sites for hydroxylation is 2. The lowest BCUT2D eigenvalue weighted by atomic mass is 9.98. The first-order valence-electron chi connectivity index (χ1n) is 8.71. The molecule has 4 heteroatoms. The third-order valence-electron chi connectivity index (χ3n) is 4.74. The van der Waals surface area contributed by atoms with Gasteiger partial charge in [-0.25, -0.2) is 4.98 Å². The summed E-state index contributed by atoms with van der Waals surface area (Å²) < 4.78 is 5.67. The minimum absolute atomic E-state index is 0.148. The van der Waals surface area contributed by atoms with Crippen LogP contribution in [-0.2, 0) is 6.42 Å². The molecule has 0 aliphatic carbocycles. The topological polar surface area (TPSA) is 51.2 Å². The first-order chi connectivity index (χ1) is 12.6. The number of benzene rings is 2. The Morgan fingerprint density at radius 3 is 2.69 bits per heavy atom. The van der Waals surface area contributed by atoms with Crippen molar-refractivity contribution in [2.75, 3.05) is 11.9 Å². The fourth-order valence-electron chi connectivity index (χ4n) is 3.30. The van der Waals surface area contributed by atoms with Gasteiger partial charge in [-0.05, 0) is 60.4 Å². The van der Waals surface area contributed by atoms with E-state index in [4.69, 9.17) is 4.74 Å². The predicted molar refractivity (Wildman–Crippen MR) is 103 cm³/mol. The fourth-order valence-corrected chi connectivity index (χ4v) is 3.30. The molecule has 0 radical (unpaired) electrons. The third-order valence-corrected chi connectivity index (χ3v) is 4.74. The predicted octanol–water partition coefficient (Wildman–Crippen LogP) is 4.55.